The Balaban J connectivity index is 2.71. The molecule has 0 fully saturated rings. The van der Waals surface area contributed by atoms with Crippen LogP contribution in [0, 0.1) is 0 Å². The van der Waals surface area contributed by atoms with Crippen molar-refractivity contribution in [2.45, 2.75) is 45.8 Å². The van der Waals surface area contributed by atoms with Crippen molar-refractivity contribution in [3.05, 3.63) is 29.8 Å². The molecule has 0 radical (unpaired) electrons. The van der Waals surface area contributed by atoms with Crippen LogP contribution in [0.4, 0.5) is 0 Å². The summed E-state index contributed by atoms with van der Waals surface area (Å²) in [4.78, 5) is 11.9. The Morgan fingerprint density at radius 2 is 1.81 bits per heavy atom. The minimum absolute atomic E-state index is 0.122. The van der Waals surface area contributed by atoms with Crippen LogP contribution in [-0.2, 0) is 9.16 Å². The number of hydrogen-bond donors (Lipinski definition) is 0. The van der Waals surface area contributed by atoms with Gasteiger partial charge in [0.25, 0.3) is 0 Å². The number of ether oxygens (including phenoxy) is 2. The predicted molar refractivity (Wildman–Crippen MR) is 86.2 cm³/mol. The first-order valence-electron chi connectivity index (χ1n) is 7.22. The minimum Gasteiger partial charge on any atom is -0.468 e. The van der Waals surface area contributed by atoms with Gasteiger partial charge in [0.1, 0.15) is 11.3 Å². The van der Waals surface area contributed by atoms with E-state index < -0.39 is 8.32 Å². The van der Waals surface area contributed by atoms with E-state index in [0.29, 0.717) is 17.9 Å². The molecule has 0 unspecified atom stereocenters. The molecule has 118 valence electrons. The lowest BCUT2D eigenvalue weighted by Gasteiger charge is -2.35. The normalized spacial score (nSPS) is 12.1. The SMILES string of the molecule is CCOC(=O)c1ccccc1OCO[Si](C)(C)C(C)(C)C. The lowest BCUT2D eigenvalue weighted by atomic mass is 10.2. The third-order valence-electron chi connectivity index (χ3n) is 3.82. The average Bonchev–Trinajstić information content (AvgIpc) is 2.38. The minimum atomic E-state index is -1.86. The zero-order valence-electron chi connectivity index (χ0n) is 13.9. The zero-order valence-corrected chi connectivity index (χ0v) is 14.9. The average molecular weight is 310 g/mol. The fraction of sp³-hybridized carbons (Fsp3) is 0.562. The summed E-state index contributed by atoms with van der Waals surface area (Å²) < 4.78 is 16.6. The molecule has 0 aromatic heterocycles. The van der Waals surface area contributed by atoms with Gasteiger partial charge in [-0.2, -0.15) is 0 Å². The zero-order chi connectivity index (χ0) is 16.1. The van der Waals surface area contributed by atoms with Crippen molar-refractivity contribution in [2.75, 3.05) is 13.4 Å². The van der Waals surface area contributed by atoms with Gasteiger partial charge in [-0.05, 0) is 37.2 Å². The third kappa shape index (κ3) is 4.86. The monoisotopic (exact) mass is 310 g/mol. The van der Waals surface area contributed by atoms with E-state index in [4.69, 9.17) is 13.9 Å². The fourth-order valence-corrected chi connectivity index (χ4v) is 2.21. The van der Waals surface area contributed by atoms with Gasteiger partial charge in [0.05, 0.1) is 6.61 Å². The van der Waals surface area contributed by atoms with Crippen molar-refractivity contribution in [3.8, 4) is 5.75 Å². The number of para-hydroxylation sites is 1. The standard InChI is InChI=1S/C16H26O4Si/c1-7-18-15(17)13-10-8-9-11-14(13)19-12-20-21(5,6)16(2,3)4/h8-11H,7,12H2,1-6H3. The van der Waals surface area contributed by atoms with Gasteiger partial charge in [0, 0.05) is 0 Å². The van der Waals surface area contributed by atoms with Crippen LogP contribution in [0.5, 0.6) is 5.75 Å². The first kappa shape index (κ1) is 17.7. The molecule has 4 nitrogen and oxygen atoms in total. The maximum atomic E-state index is 11.9. The van der Waals surface area contributed by atoms with Crippen LogP contribution in [0.15, 0.2) is 24.3 Å². The molecule has 1 aromatic carbocycles. The highest BCUT2D eigenvalue weighted by Crippen LogP contribution is 2.36. The summed E-state index contributed by atoms with van der Waals surface area (Å²) >= 11 is 0. The Morgan fingerprint density at radius 1 is 1.19 bits per heavy atom. The molecular formula is C16H26O4Si. The number of hydrogen-bond acceptors (Lipinski definition) is 4. The van der Waals surface area contributed by atoms with Crippen molar-refractivity contribution >= 4 is 14.3 Å². The van der Waals surface area contributed by atoms with Crippen LogP contribution in [0.2, 0.25) is 18.1 Å². The fourth-order valence-electron chi connectivity index (χ4n) is 1.43. The molecule has 0 aliphatic rings. The van der Waals surface area contributed by atoms with Gasteiger partial charge in [-0.1, -0.05) is 32.9 Å². The summed E-state index contributed by atoms with van der Waals surface area (Å²) in [6.07, 6.45) is 0. The Labute approximate surface area is 128 Å². The molecule has 0 amide bonds. The smallest absolute Gasteiger partial charge is 0.341 e. The molecule has 1 rings (SSSR count). The lowest BCUT2D eigenvalue weighted by molar-refractivity contribution is 0.0512. The van der Waals surface area contributed by atoms with Gasteiger partial charge < -0.3 is 13.9 Å². The molecule has 0 saturated heterocycles. The maximum Gasteiger partial charge on any atom is 0.341 e. The van der Waals surface area contributed by atoms with Crippen LogP contribution >= 0.6 is 0 Å². The van der Waals surface area contributed by atoms with Crippen molar-refractivity contribution in [2.24, 2.45) is 0 Å². The Bertz CT molecular complexity index is 477. The molecule has 0 bridgehead atoms. The second-order valence-corrected chi connectivity index (χ2v) is 11.2. The second-order valence-electron chi connectivity index (χ2n) is 6.38. The summed E-state index contributed by atoms with van der Waals surface area (Å²) in [5.41, 5.74) is 0.429. The quantitative estimate of drug-likeness (QED) is 0.448. The van der Waals surface area contributed by atoms with Crippen LogP contribution in [0.25, 0.3) is 0 Å². The van der Waals surface area contributed by atoms with Crippen LogP contribution in [0.1, 0.15) is 38.1 Å². The maximum absolute atomic E-state index is 11.9. The van der Waals surface area contributed by atoms with Crippen molar-refractivity contribution in [3.63, 3.8) is 0 Å². The van der Waals surface area contributed by atoms with E-state index in [1.165, 1.54) is 0 Å². The first-order chi connectivity index (χ1) is 9.69. The Kier molecular flexibility index (Phi) is 5.98. The molecule has 1 aromatic rings. The number of carbonyl (C=O) groups is 1. The number of benzene rings is 1. The molecule has 0 heterocycles. The van der Waals surface area contributed by atoms with Gasteiger partial charge in [0.2, 0.25) is 0 Å². The molecule has 5 heteroatoms. The van der Waals surface area contributed by atoms with E-state index >= 15 is 0 Å². The summed E-state index contributed by atoms with van der Waals surface area (Å²) in [6, 6.07) is 7.05. The van der Waals surface area contributed by atoms with E-state index in [1.807, 2.05) is 6.07 Å². The summed E-state index contributed by atoms with van der Waals surface area (Å²) in [5, 5.41) is 0.122. The van der Waals surface area contributed by atoms with Crippen LogP contribution in [0.3, 0.4) is 0 Å². The highest BCUT2D eigenvalue weighted by molar-refractivity contribution is 6.74. The third-order valence-corrected chi connectivity index (χ3v) is 8.27. The Morgan fingerprint density at radius 3 is 2.38 bits per heavy atom. The number of esters is 1. The lowest BCUT2D eigenvalue weighted by Crippen LogP contribution is -2.41. The molecular weight excluding hydrogens is 284 g/mol. The molecule has 0 N–H and O–H groups in total. The Hall–Kier alpha value is -1.33. The van der Waals surface area contributed by atoms with E-state index in [9.17, 15) is 4.79 Å². The molecule has 0 spiro atoms. The van der Waals surface area contributed by atoms with Gasteiger partial charge in [0.15, 0.2) is 15.1 Å². The van der Waals surface area contributed by atoms with Gasteiger partial charge in [-0.3, -0.25) is 0 Å². The van der Waals surface area contributed by atoms with Gasteiger partial charge in [-0.15, -0.1) is 0 Å². The molecule has 0 saturated carbocycles. The highest BCUT2D eigenvalue weighted by Gasteiger charge is 2.37. The summed E-state index contributed by atoms with van der Waals surface area (Å²) in [5.74, 6) is 0.120. The molecule has 0 aliphatic heterocycles. The van der Waals surface area contributed by atoms with E-state index in [2.05, 4.69) is 33.9 Å². The first-order valence-corrected chi connectivity index (χ1v) is 10.1. The molecule has 0 atom stereocenters. The largest absolute Gasteiger partial charge is 0.468 e. The van der Waals surface area contributed by atoms with Crippen molar-refractivity contribution in [1.82, 2.24) is 0 Å². The van der Waals surface area contributed by atoms with E-state index in [0.717, 1.165) is 0 Å². The summed E-state index contributed by atoms with van der Waals surface area (Å²) in [7, 11) is -1.86. The van der Waals surface area contributed by atoms with Gasteiger partial charge >= 0.3 is 5.97 Å². The highest BCUT2D eigenvalue weighted by atomic mass is 28.4. The van der Waals surface area contributed by atoms with Crippen molar-refractivity contribution < 1.29 is 18.7 Å². The number of carbonyl (C=O) groups excluding carboxylic acids is 1. The van der Waals surface area contributed by atoms with Crippen LogP contribution < -0.4 is 4.74 Å². The predicted octanol–water partition coefficient (Wildman–Crippen LogP) is 4.22. The molecule has 0 aliphatic carbocycles. The second kappa shape index (κ2) is 7.09. The topological polar surface area (TPSA) is 44.8 Å². The molecule has 21 heavy (non-hydrogen) atoms. The van der Waals surface area contributed by atoms with Gasteiger partial charge in [-0.25, -0.2) is 4.79 Å². The van der Waals surface area contributed by atoms with E-state index in [-0.39, 0.29) is 17.8 Å². The van der Waals surface area contributed by atoms with E-state index in [1.54, 1.807) is 25.1 Å². The van der Waals surface area contributed by atoms with Crippen molar-refractivity contribution in [1.29, 1.82) is 0 Å². The van der Waals surface area contributed by atoms with Crippen LogP contribution in [-0.4, -0.2) is 27.7 Å². The number of rotatable bonds is 6. The summed E-state index contributed by atoms with van der Waals surface area (Å²) in [6.45, 7) is 13.1.